The van der Waals surface area contributed by atoms with Crippen molar-refractivity contribution in [3.63, 3.8) is 0 Å². The van der Waals surface area contributed by atoms with E-state index < -0.39 is 0 Å². The normalized spacial score (nSPS) is 9.92. The summed E-state index contributed by atoms with van der Waals surface area (Å²) in [6.45, 7) is 0.568. The third-order valence-electron chi connectivity index (χ3n) is 3.43. The number of aromatic nitrogens is 3. The van der Waals surface area contributed by atoms with E-state index in [0.717, 1.165) is 17.0 Å². The Balaban J connectivity index is 1.65. The van der Waals surface area contributed by atoms with Gasteiger partial charge in [-0.05, 0) is 35.9 Å². The van der Waals surface area contributed by atoms with E-state index in [9.17, 15) is 0 Å². The number of methoxy groups -OCH3 is 1. The van der Waals surface area contributed by atoms with E-state index in [-0.39, 0.29) is 0 Å². The molecule has 0 amide bonds. The molecule has 0 bridgehead atoms. The smallest absolute Gasteiger partial charge is 0.244 e. The van der Waals surface area contributed by atoms with Crippen LogP contribution in [0, 0.1) is 11.3 Å². The maximum Gasteiger partial charge on any atom is 0.244 e. The number of hydrogen-bond acceptors (Lipinski definition) is 7. The summed E-state index contributed by atoms with van der Waals surface area (Å²) in [4.78, 5) is 4.37. The number of nitrogens with zero attached hydrogens (tertiary/aromatic N) is 4. The zero-order valence-electron chi connectivity index (χ0n) is 13.6. The van der Waals surface area contributed by atoms with Crippen molar-refractivity contribution in [2.24, 2.45) is 0 Å². The fourth-order valence-corrected chi connectivity index (χ4v) is 2.18. The van der Waals surface area contributed by atoms with Gasteiger partial charge in [0.05, 0.1) is 24.9 Å². The molecule has 25 heavy (non-hydrogen) atoms. The van der Waals surface area contributed by atoms with Crippen molar-refractivity contribution in [1.29, 1.82) is 5.26 Å². The predicted octanol–water partition coefficient (Wildman–Crippen LogP) is 3.11. The molecule has 0 aliphatic heterocycles. The van der Waals surface area contributed by atoms with Gasteiger partial charge >= 0.3 is 0 Å². The minimum atomic E-state index is 0.414. The maximum atomic E-state index is 8.95. The summed E-state index contributed by atoms with van der Waals surface area (Å²) in [5.41, 5.74) is 2.41. The first-order valence-corrected chi connectivity index (χ1v) is 7.60. The Kier molecular flexibility index (Phi) is 5.02. The number of nitrogens with one attached hydrogen (secondary N) is 2. The molecule has 0 spiro atoms. The van der Waals surface area contributed by atoms with Gasteiger partial charge in [0.2, 0.25) is 5.95 Å². The highest BCUT2D eigenvalue weighted by Gasteiger charge is 2.03. The van der Waals surface area contributed by atoms with Gasteiger partial charge in [0.15, 0.2) is 5.82 Å². The van der Waals surface area contributed by atoms with E-state index in [0.29, 0.717) is 23.9 Å². The second kappa shape index (κ2) is 7.75. The van der Waals surface area contributed by atoms with Crippen molar-refractivity contribution in [1.82, 2.24) is 15.2 Å². The highest BCUT2D eigenvalue weighted by Crippen LogP contribution is 2.16. The van der Waals surface area contributed by atoms with Crippen LogP contribution in [-0.4, -0.2) is 22.3 Å². The molecule has 1 aromatic heterocycles. The molecule has 0 fully saturated rings. The van der Waals surface area contributed by atoms with Crippen molar-refractivity contribution in [2.75, 3.05) is 17.7 Å². The Morgan fingerprint density at radius 1 is 1.16 bits per heavy atom. The van der Waals surface area contributed by atoms with Crippen molar-refractivity contribution < 1.29 is 4.74 Å². The lowest BCUT2D eigenvalue weighted by atomic mass is 10.2. The molecule has 0 aliphatic rings. The highest BCUT2D eigenvalue weighted by molar-refractivity contribution is 5.58. The molecule has 7 heteroatoms. The van der Waals surface area contributed by atoms with Crippen molar-refractivity contribution in [3.8, 4) is 11.8 Å². The van der Waals surface area contributed by atoms with Crippen molar-refractivity contribution in [2.45, 2.75) is 6.54 Å². The summed E-state index contributed by atoms with van der Waals surface area (Å²) in [6.07, 6.45) is 1.53. The third-order valence-corrected chi connectivity index (χ3v) is 3.43. The summed E-state index contributed by atoms with van der Waals surface area (Å²) in [6, 6.07) is 17.0. The van der Waals surface area contributed by atoms with Crippen LogP contribution >= 0.6 is 0 Å². The zero-order chi connectivity index (χ0) is 17.5. The van der Waals surface area contributed by atoms with E-state index in [1.54, 1.807) is 25.3 Å². The van der Waals surface area contributed by atoms with Gasteiger partial charge in [0.25, 0.3) is 0 Å². The van der Waals surface area contributed by atoms with Gasteiger partial charge in [0.1, 0.15) is 5.75 Å². The second-order valence-corrected chi connectivity index (χ2v) is 5.18. The summed E-state index contributed by atoms with van der Waals surface area (Å²) in [7, 11) is 1.64. The van der Waals surface area contributed by atoms with Crippen LogP contribution < -0.4 is 15.4 Å². The molecule has 0 aliphatic carbocycles. The average molecular weight is 332 g/mol. The predicted molar refractivity (Wildman–Crippen MR) is 94.6 cm³/mol. The first-order chi connectivity index (χ1) is 12.3. The van der Waals surface area contributed by atoms with E-state index in [1.165, 1.54) is 6.20 Å². The molecule has 2 N–H and O–H groups in total. The van der Waals surface area contributed by atoms with Gasteiger partial charge in [-0.3, -0.25) is 0 Å². The molecule has 3 aromatic rings. The molecule has 124 valence electrons. The molecule has 1 heterocycles. The number of hydrogen-bond donors (Lipinski definition) is 2. The van der Waals surface area contributed by atoms with Gasteiger partial charge in [-0.1, -0.05) is 18.2 Å². The van der Waals surface area contributed by atoms with Gasteiger partial charge in [-0.25, -0.2) is 0 Å². The Bertz CT molecular complexity index is 889. The number of anilines is 3. The van der Waals surface area contributed by atoms with Crippen LogP contribution in [0.15, 0.2) is 54.7 Å². The molecule has 3 rings (SSSR count). The number of benzene rings is 2. The lowest BCUT2D eigenvalue weighted by Gasteiger charge is -2.08. The molecule has 0 radical (unpaired) electrons. The molecule has 0 atom stereocenters. The second-order valence-electron chi connectivity index (χ2n) is 5.18. The highest BCUT2D eigenvalue weighted by atomic mass is 16.5. The largest absolute Gasteiger partial charge is 0.497 e. The molecule has 7 nitrogen and oxygen atoms in total. The first-order valence-electron chi connectivity index (χ1n) is 7.60. The lowest BCUT2D eigenvalue weighted by molar-refractivity contribution is 0.414. The first kappa shape index (κ1) is 16.2. The van der Waals surface area contributed by atoms with Gasteiger partial charge in [-0.15, -0.1) is 5.10 Å². The minimum Gasteiger partial charge on any atom is -0.497 e. The van der Waals surface area contributed by atoms with Crippen LogP contribution in [0.3, 0.4) is 0 Å². The molecule has 0 saturated carbocycles. The SMILES string of the molecule is COc1ccc(CNc2nncc(Nc3cccc(C#N)c3)n2)cc1. The van der Waals surface area contributed by atoms with Crippen molar-refractivity contribution in [3.05, 3.63) is 65.9 Å². The fraction of sp³-hybridized carbons (Fsp3) is 0.111. The van der Waals surface area contributed by atoms with E-state index in [4.69, 9.17) is 10.00 Å². The molecule has 2 aromatic carbocycles. The van der Waals surface area contributed by atoms with E-state index >= 15 is 0 Å². The van der Waals surface area contributed by atoms with Crippen LogP contribution in [0.25, 0.3) is 0 Å². The zero-order valence-corrected chi connectivity index (χ0v) is 13.6. The Morgan fingerprint density at radius 3 is 2.76 bits per heavy atom. The molecular formula is C18H16N6O. The number of rotatable bonds is 6. The number of ether oxygens (including phenoxy) is 1. The molecule has 0 saturated heterocycles. The van der Waals surface area contributed by atoms with Crippen LogP contribution in [-0.2, 0) is 6.54 Å². The Labute approximate surface area is 145 Å². The average Bonchev–Trinajstić information content (AvgIpc) is 2.67. The summed E-state index contributed by atoms with van der Waals surface area (Å²) >= 11 is 0. The van der Waals surface area contributed by atoms with Crippen LogP contribution in [0.1, 0.15) is 11.1 Å². The Morgan fingerprint density at radius 2 is 2.00 bits per heavy atom. The third kappa shape index (κ3) is 4.42. The summed E-state index contributed by atoms with van der Waals surface area (Å²) in [5, 5.41) is 23.1. The topological polar surface area (TPSA) is 95.8 Å². The molecule has 0 unspecified atom stereocenters. The quantitative estimate of drug-likeness (QED) is 0.716. The monoisotopic (exact) mass is 332 g/mol. The molecular weight excluding hydrogens is 316 g/mol. The van der Waals surface area contributed by atoms with Crippen LogP contribution in [0.2, 0.25) is 0 Å². The van der Waals surface area contributed by atoms with E-state index in [2.05, 4.69) is 31.9 Å². The van der Waals surface area contributed by atoms with Gasteiger partial charge in [0, 0.05) is 12.2 Å². The lowest BCUT2D eigenvalue weighted by Crippen LogP contribution is -2.06. The maximum absolute atomic E-state index is 8.95. The standard InChI is InChI=1S/C18H16N6O/c1-25-16-7-5-13(6-8-16)11-20-18-23-17(12-21-24-18)22-15-4-2-3-14(9-15)10-19/h2-9,12H,11H2,1H3,(H2,20,22,23,24). The summed E-state index contributed by atoms with van der Waals surface area (Å²) in [5.74, 6) is 1.77. The Hall–Kier alpha value is -3.66. The van der Waals surface area contributed by atoms with Crippen molar-refractivity contribution >= 4 is 17.5 Å². The number of nitriles is 1. The summed E-state index contributed by atoms with van der Waals surface area (Å²) < 4.78 is 5.14. The minimum absolute atomic E-state index is 0.414. The van der Waals surface area contributed by atoms with Crippen LogP contribution in [0.5, 0.6) is 5.75 Å². The van der Waals surface area contributed by atoms with Gasteiger partial charge in [-0.2, -0.15) is 15.3 Å². The fourth-order valence-electron chi connectivity index (χ4n) is 2.18. The van der Waals surface area contributed by atoms with Gasteiger partial charge < -0.3 is 15.4 Å². The van der Waals surface area contributed by atoms with Crippen LogP contribution in [0.4, 0.5) is 17.5 Å². The van der Waals surface area contributed by atoms with E-state index in [1.807, 2.05) is 30.3 Å².